The summed E-state index contributed by atoms with van der Waals surface area (Å²) in [6.07, 6.45) is 2.19. The van der Waals surface area contributed by atoms with Crippen molar-refractivity contribution >= 4 is 38.8 Å². The van der Waals surface area contributed by atoms with E-state index in [1.165, 1.54) is 11.1 Å². The van der Waals surface area contributed by atoms with Gasteiger partial charge in [0.25, 0.3) is 5.69 Å². The molecule has 0 unspecified atom stereocenters. The highest BCUT2D eigenvalue weighted by molar-refractivity contribution is 9.11. The Hall–Kier alpha value is -1.47. The predicted molar refractivity (Wildman–Crippen MR) is 79.8 cm³/mol. The lowest BCUT2D eigenvalue weighted by atomic mass is 10.2. The van der Waals surface area contributed by atoms with Crippen LogP contribution in [0.25, 0.3) is 0 Å². The van der Waals surface area contributed by atoms with Crippen molar-refractivity contribution in [3.63, 3.8) is 0 Å². The van der Waals surface area contributed by atoms with Gasteiger partial charge >= 0.3 is 0 Å². The molecule has 2 aromatic rings. The van der Waals surface area contributed by atoms with Crippen LogP contribution in [0.15, 0.2) is 28.2 Å². The summed E-state index contributed by atoms with van der Waals surface area (Å²) in [4.78, 5) is 15.6. The van der Waals surface area contributed by atoms with Gasteiger partial charge in [-0.1, -0.05) is 0 Å². The van der Waals surface area contributed by atoms with E-state index < -0.39 is 4.92 Å². The van der Waals surface area contributed by atoms with Gasteiger partial charge < -0.3 is 5.32 Å². The van der Waals surface area contributed by atoms with Crippen molar-refractivity contribution in [2.24, 2.45) is 0 Å². The van der Waals surface area contributed by atoms with E-state index in [1.807, 2.05) is 6.07 Å². The quantitative estimate of drug-likeness (QED) is 0.663. The molecule has 0 saturated carbocycles. The first-order valence-electron chi connectivity index (χ1n) is 5.65. The summed E-state index contributed by atoms with van der Waals surface area (Å²) in [5.74, 6) is 0.665. The summed E-state index contributed by atoms with van der Waals surface area (Å²) >= 11 is 5.12. The molecule has 0 atom stereocenters. The summed E-state index contributed by atoms with van der Waals surface area (Å²) in [6.45, 7) is 2.46. The fraction of sp³-hybridized carbons (Fsp3) is 0.250. The molecule has 0 aromatic carbocycles. The number of hydrogen-bond donors (Lipinski definition) is 1. The average molecular weight is 342 g/mol. The summed E-state index contributed by atoms with van der Waals surface area (Å²) in [7, 11) is 0. The fourth-order valence-corrected chi connectivity index (χ4v) is 3.12. The normalized spacial score (nSPS) is 10.4. The Morgan fingerprint density at radius 3 is 2.89 bits per heavy atom. The summed E-state index contributed by atoms with van der Waals surface area (Å²) in [5.41, 5.74) is 0.661. The third-order valence-electron chi connectivity index (χ3n) is 2.59. The zero-order valence-corrected chi connectivity index (χ0v) is 12.6. The van der Waals surface area contributed by atoms with Gasteiger partial charge in [0.2, 0.25) is 0 Å². The Bertz CT molecular complexity index is 600. The van der Waals surface area contributed by atoms with Crippen molar-refractivity contribution in [3.8, 4) is 0 Å². The number of thiophene rings is 1. The third-order valence-corrected chi connectivity index (χ3v) is 4.27. The van der Waals surface area contributed by atoms with Crippen LogP contribution in [-0.4, -0.2) is 16.5 Å². The van der Waals surface area contributed by atoms with Gasteiger partial charge in [0.15, 0.2) is 0 Å². The van der Waals surface area contributed by atoms with Crippen LogP contribution < -0.4 is 5.32 Å². The number of halogens is 1. The second-order valence-electron chi connectivity index (χ2n) is 4.00. The Kier molecular flexibility index (Phi) is 4.49. The highest BCUT2D eigenvalue weighted by atomic mass is 79.9. The van der Waals surface area contributed by atoms with Gasteiger partial charge in [0.05, 0.1) is 8.71 Å². The summed E-state index contributed by atoms with van der Waals surface area (Å²) in [5, 5.41) is 13.8. The molecule has 0 fully saturated rings. The van der Waals surface area contributed by atoms with E-state index in [2.05, 4.69) is 32.3 Å². The fourth-order valence-electron chi connectivity index (χ4n) is 1.64. The number of hydrogen-bond acceptors (Lipinski definition) is 5. The van der Waals surface area contributed by atoms with E-state index in [-0.39, 0.29) is 5.69 Å². The third kappa shape index (κ3) is 3.74. The standard InChI is InChI=1S/C12H12BrN3O2S/c1-8-6-12(15-7-10(8)16(17)18)14-5-4-9-2-3-11(13)19-9/h2-3,6-7H,4-5H2,1H3,(H,14,15). The van der Waals surface area contributed by atoms with E-state index in [0.29, 0.717) is 11.4 Å². The van der Waals surface area contributed by atoms with E-state index in [0.717, 1.165) is 16.8 Å². The van der Waals surface area contributed by atoms with Gasteiger partial charge in [0, 0.05) is 17.0 Å². The monoisotopic (exact) mass is 341 g/mol. The maximum absolute atomic E-state index is 10.7. The molecule has 0 radical (unpaired) electrons. The van der Waals surface area contributed by atoms with E-state index in [9.17, 15) is 10.1 Å². The topological polar surface area (TPSA) is 68.1 Å². The molecule has 0 bridgehead atoms. The predicted octanol–water partition coefficient (Wildman–Crippen LogP) is 3.78. The van der Waals surface area contributed by atoms with Crippen LogP contribution in [0.3, 0.4) is 0 Å². The Morgan fingerprint density at radius 2 is 2.32 bits per heavy atom. The Labute approximate surface area is 123 Å². The van der Waals surface area contributed by atoms with Crippen LogP contribution in [0.5, 0.6) is 0 Å². The minimum Gasteiger partial charge on any atom is -0.370 e. The van der Waals surface area contributed by atoms with Crippen molar-refractivity contribution in [2.45, 2.75) is 13.3 Å². The van der Waals surface area contributed by atoms with Crippen molar-refractivity contribution in [1.29, 1.82) is 0 Å². The maximum atomic E-state index is 10.7. The molecule has 2 rings (SSSR count). The molecule has 7 heteroatoms. The number of pyridine rings is 1. The molecule has 0 amide bonds. The van der Waals surface area contributed by atoms with Crippen molar-refractivity contribution in [3.05, 3.63) is 48.7 Å². The van der Waals surface area contributed by atoms with Crippen LogP contribution in [0, 0.1) is 17.0 Å². The first-order chi connectivity index (χ1) is 9.06. The minimum absolute atomic E-state index is 0.0488. The lowest BCUT2D eigenvalue weighted by molar-refractivity contribution is -0.385. The van der Waals surface area contributed by atoms with Crippen LogP contribution in [0.1, 0.15) is 10.4 Å². The van der Waals surface area contributed by atoms with Crippen LogP contribution in [0.2, 0.25) is 0 Å². The molecule has 0 aliphatic heterocycles. The zero-order valence-electron chi connectivity index (χ0n) is 10.2. The van der Waals surface area contributed by atoms with Gasteiger partial charge in [-0.05, 0) is 47.5 Å². The second kappa shape index (κ2) is 6.12. The molecule has 0 saturated heterocycles. The number of nitro groups is 1. The number of nitrogens with one attached hydrogen (secondary N) is 1. The van der Waals surface area contributed by atoms with Crippen LogP contribution in [-0.2, 0) is 6.42 Å². The highest BCUT2D eigenvalue weighted by Crippen LogP contribution is 2.23. The van der Waals surface area contributed by atoms with Gasteiger partial charge in [-0.2, -0.15) is 0 Å². The zero-order chi connectivity index (χ0) is 13.8. The number of aryl methyl sites for hydroxylation is 1. The molecule has 0 spiro atoms. The number of rotatable bonds is 5. The molecule has 2 heterocycles. The van der Waals surface area contributed by atoms with Crippen molar-refractivity contribution < 1.29 is 4.92 Å². The molecule has 19 heavy (non-hydrogen) atoms. The molecular formula is C12H12BrN3O2S. The van der Waals surface area contributed by atoms with E-state index >= 15 is 0 Å². The first-order valence-corrected chi connectivity index (χ1v) is 7.26. The van der Waals surface area contributed by atoms with Gasteiger partial charge in [-0.3, -0.25) is 10.1 Å². The van der Waals surface area contributed by atoms with E-state index in [4.69, 9.17) is 0 Å². The lowest BCUT2D eigenvalue weighted by Crippen LogP contribution is -2.06. The molecule has 100 valence electrons. The van der Waals surface area contributed by atoms with Gasteiger partial charge in [-0.25, -0.2) is 4.98 Å². The van der Waals surface area contributed by atoms with Crippen molar-refractivity contribution in [1.82, 2.24) is 4.98 Å². The first kappa shape index (κ1) is 14.0. The van der Waals surface area contributed by atoms with Crippen molar-refractivity contribution in [2.75, 3.05) is 11.9 Å². The lowest BCUT2D eigenvalue weighted by Gasteiger charge is -2.05. The molecular weight excluding hydrogens is 330 g/mol. The molecule has 1 N–H and O–H groups in total. The molecule has 5 nitrogen and oxygen atoms in total. The Balaban J connectivity index is 1.93. The number of nitrogens with zero attached hydrogens (tertiary/aromatic N) is 2. The number of anilines is 1. The largest absolute Gasteiger partial charge is 0.370 e. The van der Waals surface area contributed by atoms with Gasteiger partial charge in [0.1, 0.15) is 12.0 Å². The molecule has 0 aliphatic carbocycles. The van der Waals surface area contributed by atoms with Crippen LogP contribution in [0.4, 0.5) is 11.5 Å². The average Bonchev–Trinajstić information content (AvgIpc) is 2.75. The smallest absolute Gasteiger partial charge is 0.290 e. The maximum Gasteiger partial charge on any atom is 0.290 e. The Morgan fingerprint density at radius 1 is 1.53 bits per heavy atom. The summed E-state index contributed by atoms with van der Waals surface area (Å²) < 4.78 is 1.12. The van der Waals surface area contributed by atoms with E-state index in [1.54, 1.807) is 24.3 Å². The molecule has 2 aromatic heterocycles. The SMILES string of the molecule is Cc1cc(NCCc2ccc(Br)s2)ncc1[N+](=O)[O-]. The highest BCUT2D eigenvalue weighted by Gasteiger charge is 2.11. The second-order valence-corrected chi connectivity index (χ2v) is 6.54. The molecule has 0 aliphatic rings. The van der Waals surface area contributed by atoms with Gasteiger partial charge in [-0.15, -0.1) is 11.3 Å². The van der Waals surface area contributed by atoms with Crippen LogP contribution >= 0.6 is 27.3 Å². The number of aromatic nitrogens is 1. The summed E-state index contributed by atoms with van der Waals surface area (Å²) in [6, 6.07) is 5.79. The minimum atomic E-state index is -0.421.